The van der Waals surface area contributed by atoms with Crippen LogP contribution in [0.1, 0.15) is 39.0 Å². The van der Waals surface area contributed by atoms with Gasteiger partial charge in [-0.05, 0) is 25.0 Å². The molecule has 0 N–H and O–H groups in total. The molecule has 1 fully saturated rings. The average Bonchev–Trinajstić information content (AvgIpc) is 2.77. The highest BCUT2D eigenvalue weighted by molar-refractivity contribution is 5.89. The number of benzene rings is 1. The molecule has 2 rings (SSSR count). The second-order valence-electron chi connectivity index (χ2n) is 4.80. The average molecular weight is 247 g/mol. The highest BCUT2D eigenvalue weighted by atomic mass is 16.6. The Kier molecular flexibility index (Phi) is 4.62. The van der Waals surface area contributed by atoms with E-state index in [1.807, 2.05) is 30.3 Å². The van der Waals surface area contributed by atoms with Crippen LogP contribution in [0.25, 0.3) is 0 Å². The van der Waals surface area contributed by atoms with Gasteiger partial charge in [0.1, 0.15) is 6.10 Å². The minimum Gasteiger partial charge on any atom is -0.444 e. The minimum atomic E-state index is -0.207. The van der Waals surface area contributed by atoms with E-state index in [0.29, 0.717) is 6.54 Å². The molecule has 0 saturated carbocycles. The van der Waals surface area contributed by atoms with E-state index >= 15 is 0 Å². The van der Waals surface area contributed by atoms with Crippen LogP contribution < -0.4 is 4.90 Å². The van der Waals surface area contributed by atoms with Crippen molar-refractivity contribution in [1.29, 1.82) is 0 Å². The summed E-state index contributed by atoms with van der Waals surface area (Å²) < 4.78 is 5.40. The van der Waals surface area contributed by atoms with Gasteiger partial charge < -0.3 is 4.74 Å². The summed E-state index contributed by atoms with van der Waals surface area (Å²) in [6, 6.07) is 9.73. The van der Waals surface area contributed by atoms with Crippen LogP contribution in [0.5, 0.6) is 0 Å². The van der Waals surface area contributed by atoms with Gasteiger partial charge in [-0.3, -0.25) is 4.90 Å². The van der Waals surface area contributed by atoms with Crippen molar-refractivity contribution in [3.63, 3.8) is 0 Å². The van der Waals surface area contributed by atoms with Gasteiger partial charge in [0.2, 0.25) is 0 Å². The molecule has 1 heterocycles. The zero-order valence-corrected chi connectivity index (χ0v) is 11.0. The molecule has 0 radical (unpaired) electrons. The van der Waals surface area contributed by atoms with Crippen molar-refractivity contribution in [2.24, 2.45) is 0 Å². The van der Waals surface area contributed by atoms with Gasteiger partial charge in [0.05, 0.1) is 6.54 Å². The third kappa shape index (κ3) is 3.25. The number of ether oxygens (including phenoxy) is 1. The predicted molar refractivity (Wildman–Crippen MR) is 72.8 cm³/mol. The van der Waals surface area contributed by atoms with Gasteiger partial charge in [-0.15, -0.1) is 0 Å². The molecule has 3 nitrogen and oxygen atoms in total. The maximum Gasteiger partial charge on any atom is 0.414 e. The van der Waals surface area contributed by atoms with Crippen LogP contribution in [0, 0.1) is 0 Å². The molecular formula is C15H21NO2. The van der Waals surface area contributed by atoms with Crippen LogP contribution in [0.3, 0.4) is 0 Å². The van der Waals surface area contributed by atoms with Crippen molar-refractivity contribution in [2.45, 2.75) is 45.1 Å². The normalized spacial score (nSPS) is 19.1. The fraction of sp³-hybridized carbons (Fsp3) is 0.533. The Labute approximate surface area is 109 Å². The van der Waals surface area contributed by atoms with Gasteiger partial charge >= 0.3 is 6.09 Å². The molecular weight excluding hydrogens is 226 g/mol. The fourth-order valence-electron chi connectivity index (χ4n) is 2.29. The topological polar surface area (TPSA) is 29.5 Å². The summed E-state index contributed by atoms with van der Waals surface area (Å²) in [4.78, 5) is 13.5. The highest BCUT2D eigenvalue weighted by Crippen LogP contribution is 2.23. The lowest BCUT2D eigenvalue weighted by atomic mass is 10.1. The van der Waals surface area contributed by atoms with Crippen LogP contribution in [-0.2, 0) is 4.74 Å². The van der Waals surface area contributed by atoms with E-state index in [1.165, 1.54) is 19.3 Å². The molecule has 1 aromatic carbocycles. The predicted octanol–water partition coefficient (Wildman–Crippen LogP) is 3.98. The second kappa shape index (κ2) is 6.43. The first-order valence-electron chi connectivity index (χ1n) is 6.84. The van der Waals surface area contributed by atoms with Gasteiger partial charge in [-0.25, -0.2) is 4.79 Å². The summed E-state index contributed by atoms with van der Waals surface area (Å²) in [5.74, 6) is 0. The SMILES string of the molecule is CCCCCC[C@H]1CN(c2ccccc2)C(=O)O1. The molecule has 1 atom stereocenters. The summed E-state index contributed by atoms with van der Waals surface area (Å²) in [6.45, 7) is 2.89. The van der Waals surface area contributed by atoms with Crippen molar-refractivity contribution < 1.29 is 9.53 Å². The first-order valence-corrected chi connectivity index (χ1v) is 6.84. The summed E-state index contributed by atoms with van der Waals surface area (Å²) in [5.41, 5.74) is 0.929. The lowest BCUT2D eigenvalue weighted by Crippen LogP contribution is -2.24. The molecule has 18 heavy (non-hydrogen) atoms. The largest absolute Gasteiger partial charge is 0.444 e. The minimum absolute atomic E-state index is 0.0644. The Balaban J connectivity index is 1.84. The molecule has 0 spiro atoms. The molecule has 0 aromatic heterocycles. The van der Waals surface area contributed by atoms with Gasteiger partial charge in [0.15, 0.2) is 0 Å². The number of carbonyl (C=O) groups excluding carboxylic acids is 1. The van der Waals surface area contributed by atoms with E-state index in [4.69, 9.17) is 4.74 Å². The molecule has 0 aliphatic carbocycles. The van der Waals surface area contributed by atoms with E-state index in [0.717, 1.165) is 18.5 Å². The molecule has 1 aliphatic rings. The fourth-order valence-corrected chi connectivity index (χ4v) is 2.29. The number of para-hydroxylation sites is 1. The Bertz CT molecular complexity index is 377. The number of unbranched alkanes of at least 4 members (excludes halogenated alkanes) is 3. The smallest absolute Gasteiger partial charge is 0.414 e. The van der Waals surface area contributed by atoms with Crippen molar-refractivity contribution >= 4 is 11.8 Å². The van der Waals surface area contributed by atoms with Gasteiger partial charge in [0.25, 0.3) is 0 Å². The first kappa shape index (κ1) is 12.9. The van der Waals surface area contributed by atoms with Gasteiger partial charge in [-0.1, -0.05) is 44.4 Å². The standard InChI is InChI=1S/C15H21NO2/c1-2-3-4-8-11-14-12-16(15(17)18-14)13-9-6-5-7-10-13/h5-7,9-10,14H,2-4,8,11-12H2,1H3/t14-/m0/s1. The summed E-state index contributed by atoms with van der Waals surface area (Å²) in [7, 11) is 0. The zero-order chi connectivity index (χ0) is 12.8. The number of hydrogen-bond acceptors (Lipinski definition) is 2. The van der Waals surface area contributed by atoms with Gasteiger partial charge in [-0.2, -0.15) is 0 Å². The molecule has 1 amide bonds. The maximum absolute atomic E-state index is 11.8. The molecule has 0 bridgehead atoms. The third-order valence-electron chi connectivity index (χ3n) is 3.32. The van der Waals surface area contributed by atoms with Crippen LogP contribution in [0.4, 0.5) is 10.5 Å². The molecule has 1 aromatic rings. The Hall–Kier alpha value is -1.51. The van der Waals surface area contributed by atoms with Crippen molar-refractivity contribution in [2.75, 3.05) is 11.4 Å². The lowest BCUT2D eigenvalue weighted by Gasteiger charge is -2.12. The van der Waals surface area contributed by atoms with Crippen LogP contribution in [0.15, 0.2) is 30.3 Å². The van der Waals surface area contributed by atoms with Gasteiger partial charge in [0, 0.05) is 5.69 Å². The van der Waals surface area contributed by atoms with Crippen LogP contribution >= 0.6 is 0 Å². The Morgan fingerprint density at radius 2 is 2.00 bits per heavy atom. The first-order chi connectivity index (χ1) is 8.81. The number of anilines is 1. The Morgan fingerprint density at radius 3 is 2.72 bits per heavy atom. The number of nitrogens with zero attached hydrogens (tertiary/aromatic N) is 1. The maximum atomic E-state index is 11.8. The van der Waals surface area contributed by atoms with E-state index in [1.54, 1.807) is 4.90 Å². The summed E-state index contributed by atoms with van der Waals surface area (Å²) in [5, 5.41) is 0. The number of cyclic esters (lactones) is 1. The molecule has 98 valence electrons. The summed E-state index contributed by atoms with van der Waals surface area (Å²) >= 11 is 0. The van der Waals surface area contributed by atoms with Crippen molar-refractivity contribution in [3.05, 3.63) is 30.3 Å². The molecule has 0 unspecified atom stereocenters. The van der Waals surface area contributed by atoms with Crippen molar-refractivity contribution in [1.82, 2.24) is 0 Å². The number of rotatable bonds is 6. The highest BCUT2D eigenvalue weighted by Gasteiger charge is 2.31. The monoisotopic (exact) mass is 247 g/mol. The number of carbonyl (C=O) groups is 1. The van der Waals surface area contributed by atoms with Crippen LogP contribution in [0.2, 0.25) is 0 Å². The quantitative estimate of drug-likeness (QED) is 0.711. The lowest BCUT2D eigenvalue weighted by molar-refractivity contribution is 0.135. The zero-order valence-electron chi connectivity index (χ0n) is 11.0. The van der Waals surface area contributed by atoms with Crippen LogP contribution in [-0.4, -0.2) is 18.7 Å². The molecule has 1 saturated heterocycles. The van der Waals surface area contributed by atoms with E-state index in [9.17, 15) is 4.79 Å². The van der Waals surface area contributed by atoms with Crippen molar-refractivity contribution in [3.8, 4) is 0 Å². The van der Waals surface area contributed by atoms with E-state index in [-0.39, 0.29) is 12.2 Å². The Morgan fingerprint density at radius 1 is 1.22 bits per heavy atom. The molecule has 1 aliphatic heterocycles. The number of hydrogen-bond donors (Lipinski definition) is 0. The number of amides is 1. The van der Waals surface area contributed by atoms with E-state index in [2.05, 4.69) is 6.92 Å². The van der Waals surface area contributed by atoms with E-state index < -0.39 is 0 Å². The second-order valence-corrected chi connectivity index (χ2v) is 4.80. The summed E-state index contributed by atoms with van der Waals surface area (Å²) in [6.07, 6.45) is 5.72. The molecule has 3 heteroatoms. The third-order valence-corrected chi connectivity index (χ3v) is 3.32.